The highest BCUT2D eigenvalue weighted by Gasteiger charge is 2.37. The second-order valence-corrected chi connectivity index (χ2v) is 6.11. The first-order valence-corrected chi connectivity index (χ1v) is 6.18. The fourth-order valence-corrected chi connectivity index (χ4v) is 2.83. The smallest absolute Gasteiger partial charge is 0.0835 e. The highest BCUT2D eigenvalue weighted by atomic mass is 32.2. The zero-order valence-electron chi connectivity index (χ0n) is 9.13. The van der Waals surface area contributed by atoms with Gasteiger partial charge in [-0.15, -0.1) is 0 Å². The van der Waals surface area contributed by atoms with Crippen molar-refractivity contribution in [3.63, 3.8) is 0 Å². The van der Waals surface area contributed by atoms with Gasteiger partial charge >= 0.3 is 0 Å². The molecule has 0 amide bonds. The van der Waals surface area contributed by atoms with Crippen LogP contribution in [0.3, 0.4) is 0 Å². The second kappa shape index (κ2) is 3.79. The minimum atomic E-state index is -0.518. The maximum Gasteiger partial charge on any atom is 0.0835 e. The summed E-state index contributed by atoms with van der Waals surface area (Å²) in [6, 6.07) is 0. The molecule has 1 N–H and O–H groups in total. The average Bonchev–Trinajstić information content (AvgIpc) is 1.80. The number of likely N-dealkylation sites (tertiary alicyclic amines) is 1. The number of hydrogen-bond donors (Lipinski definition) is 1. The topological polar surface area (TPSA) is 23.5 Å². The first kappa shape index (κ1) is 11.3. The molecular weight excluding hydrogens is 182 g/mol. The van der Waals surface area contributed by atoms with Gasteiger partial charge in [-0.25, -0.2) is 0 Å². The van der Waals surface area contributed by atoms with Crippen LogP contribution in [0.2, 0.25) is 0 Å². The Morgan fingerprint density at radius 2 is 2.00 bits per heavy atom. The van der Waals surface area contributed by atoms with Gasteiger partial charge in [0, 0.05) is 25.4 Å². The molecule has 1 heterocycles. The summed E-state index contributed by atoms with van der Waals surface area (Å²) in [5.41, 5.74) is -0.0502. The molecule has 1 aliphatic rings. The summed E-state index contributed by atoms with van der Waals surface area (Å²) in [5, 5.41) is 9.96. The molecule has 0 aromatic rings. The van der Waals surface area contributed by atoms with Gasteiger partial charge in [-0.3, -0.25) is 4.90 Å². The van der Waals surface area contributed by atoms with Gasteiger partial charge < -0.3 is 5.11 Å². The molecule has 0 spiro atoms. The third kappa shape index (κ3) is 3.49. The van der Waals surface area contributed by atoms with E-state index in [4.69, 9.17) is 0 Å². The molecule has 1 fully saturated rings. The summed E-state index contributed by atoms with van der Waals surface area (Å²) in [4.78, 5) is 2.33. The quantitative estimate of drug-likeness (QED) is 0.748. The summed E-state index contributed by atoms with van der Waals surface area (Å²) >= 11 is 1.71. The molecule has 1 atom stereocenters. The van der Waals surface area contributed by atoms with Crippen LogP contribution in [0.5, 0.6) is 0 Å². The number of rotatable bonds is 4. The normalized spacial score (nSPS) is 26.5. The van der Waals surface area contributed by atoms with Crippen LogP contribution in [-0.2, 0) is 0 Å². The van der Waals surface area contributed by atoms with Crippen molar-refractivity contribution < 1.29 is 5.11 Å². The van der Waals surface area contributed by atoms with Gasteiger partial charge in [-0.2, -0.15) is 11.8 Å². The standard InChI is InChI=1S/C10H21NOS/c1-9(2)5-11(6-9)7-10(3,12)8-13-4/h12H,5-8H2,1-4H3. The van der Waals surface area contributed by atoms with E-state index < -0.39 is 5.60 Å². The van der Waals surface area contributed by atoms with Crippen molar-refractivity contribution in [2.45, 2.75) is 26.4 Å². The Morgan fingerprint density at radius 1 is 1.46 bits per heavy atom. The van der Waals surface area contributed by atoms with Crippen LogP contribution in [-0.4, -0.2) is 47.3 Å². The van der Waals surface area contributed by atoms with Crippen molar-refractivity contribution in [1.29, 1.82) is 0 Å². The van der Waals surface area contributed by atoms with E-state index in [0.29, 0.717) is 5.41 Å². The minimum absolute atomic E-state index is 0.468. The zero-order chi connectivity index (χ0) is 10.1. The monoisotopic (exact) mass is 203 g/mol. The Bertz CT molecular complexity index is 172. The van der Waals surface area contributed by atoms with E-state index in [2.05, 4.69) is 18.7 Å². The van der Waals surface area contributed by atoms with Gasteiger partial charge in [0.05, 0.1) is 5.60 Å². The van der Waals surface area contributed by atoms with E-state index in [0.717, 1.165) is 25.4 Å². The van der Waals surface area contributed by atoms with Gasteiger partial charge in [-0.1, -0.05) is 13.8 Å². The Kier molecular flexibility index (Phi) is 3.31. The van der Waals surface area contributed by atoms with Crippen molar-refractivity contribution in [3.8, 4) is 0 Å². The van der Waals surface area contributed by atoms with Crippen LogP contribution in [0.15, 0.2) is 0 Å². The molecule has 0 saturated carbocycles. The predicted octanol–water partition coefficient (Wildman–Crippen LogP) is 1.44. The molecule has 1 aliphatic heterocycles. The molecule has 1 saturated heterocycles. The van der Waals surface area contributed by atoms with Crippen LogP contribution in [0.25, 0.3) is 0 Å². The lowest BCUT2D eigenvalue weighted by atomic mass is 9.83. The third-order valence-corrected chi connectivity index (χ3v) is 3.23. The number of thioether (sulfide) groups is 1. The van der Waals surface area contributed by atoms with Gasteiger partial charge in [0.25, 0.3) is 0 Å². The van der Waals surface area contributed by atoms with Crippen LogP contribution >= 0.6 is 11.8 Å². The maximum atomic E-state index is 9.96. The highest BCUT2D eigenvalue weighted by Crippen LogP contribution is 2.30. The van der Waals surface area contributed by atoms with Gasteiger partial charge in [0.15, 0.2) is 0 Å². The van der Waals surface area contributed by atoms with Gasteiger partial charge in [-0.05, 0) is 18.6 Å². The Hall–Kier alpha value is 0.270. The van der Waals surface area contributed by atoms with Crippen LogP contribution in [0.1, 0.15) is 20.8 Å². The molecule has 0 aromatic carbocycles. The largest absolute Gasteiger partial charge is 0.388 e. The first-order chi connectivity index (χ1) is 5.85. The molecule has 3 heteroatoms. The molecule has 1 unspecified atom stereocenters. The molecule has 78 valence electrons. The molecule has 0 bridgehead atoms. The lowest BCUT2D eigenvalue weighted by molar-refractivity contribution is -0.0355. The Balaban J connectivity index is 2.26. The Labute approximate surface area is 85.7 Å². The summed E-state index contributed by atoms with van der Waals surface area (Å²) < 4.78 is 0. The molecule has 13 heavy (non-hydrogen) atoms. The van der Waals surface area contributed by atoms with E-state index in [1.807, 2.05) is 13.2 Å². The van der Waals surface area contributed by atoms with E-state index in [-0.39, 0.29) is 0 Å². The summed E-state index contributed by atoms with van der Waals surface area (Å²) in [6.07, 6.45) is 2.04. The second-order valence-electron chi connectivity index (χ2n) is 5.24. The van der Waals surface area contributed by atoms with E-state index in [9.17, 15) is 5.11 Å². The minimum Gasteiger partial charge on any atom is -0.388 e. The van der Waals surface area contributed by atoms with E-state index >= 15 is 0 Å². The predicted molar refractivity (Wildman–Crippen MR) is 59.2 cm³/mol. The van der Waals surface area contributed by atoms with E-state index in [1.165, 1.54) is 0 Å². The average molecular weight is 203 g/mol. The number of hydrogen-bond acceptors (Lipinski definition) is 3. The van der Waals surface area contributed by atoms with Crippen LogP contribution in [0.4, 0.5) is 0 Å². The van der Waals surface area contributed by atoms with Crippen LogP contribution in [0, 0.1) is 5.41 Å². The van der Waals surface area contributed by atoms with Crippen molar-refractivity contribution in [2.75, 3.05) is 31.6 Å². The number of β-amino-alcohol motifs (C(OH)–C–C–N with tert-alkyl or cyclic N) is 1. The lowest BCUT2D eigenvalue weighted by Crippen LogP contribution is -2.57. The molecular formula is C10H21NOS. The molecule has 2 nitrogen and oxygen atoms in total. The van der Waals surface area contributed by atoms with Crippen molar-refractivity contribution in [2.24, 2.45) is 5.41 Å². The fourth-order valence-electron chi connectivity index (χ4n) is 2.11. The van der Waals surface area contributed by atoms with Gasteiger partial charge in [0.1, 0.15) is 0 Å². The molecule has 0 aromatic heterocycles. The summed E-state index contributed by atoms with van der Waals surface area (Å²) in [7, 11) is 0. The first-order valence-electron chi connectivity index (χ1n) is 4.78. The van der Waals surface area contributed by atoms with Gasteiger partial charge in [0.2, 0.25) is 0 Å². The molecule has 0 aliphatic carbocycles. The SMILES string of the molecule is CSCC(C)(O)CN1CC(C)(C)C1. The van der Waals surface area contributed by atoms with Crippen LogP contribution < -0.4 is 0 Å². The lowest BCUT2D eigenvalue weighted by Gasteiger charge is -2.48. The zero-order valence-corrected chi connectivity index (χ0v) is 9.95. The maximum absolute atomic E-state index is 9.96. The summed E-state index contributed by atoms with van der Waals surface area (Å²) in [5.74, 6) is 0.823. The highest BCUT2D eigenvalue weighted by molar-refractivity contribution is 7.98. The van der Waals surface area contributed by atoms with Crippen molar-refractivity contribution >= 4 is 11.8 Å². The molecule has 1 rings (SSSR count). The van der Waals surface area contributed by atoms with E-state index in [1.54, 1.807) is 11.8 Å². The number of aliphatic hydroxyl groups is 1. The van der Waals surface area contributed by atoms with Crippen molar-refractivity contribution in [3.05, 3.63) is 0 Å². The Morgan fingerprint density at radius 3 is 2.38 bits per heavy atom. The number of nitrogens with zero attached hydrogens (tertiary/aromatic N) is 1. The fraction of sp³-hybridized carbons (Fsp3) is 1.00. The third-order valence-electron chi connectivity index (χ3n) is 2.32. The van der Waals surface area contributed by atoms with Crippen molar-refractivity contribution in [1.82, 2.24) is 4.90 Å². The summed E-state index contributed by atoms with van der Waals surface area (Å²) in [6.45, 7) is 9.53. The molecule has 0 radical (unpaired) electrons.